The van der Waals surface area contributed by atoms with E-state index >= 15 is 0 Å². The fourth-order valence-corrected chi connectivity index (χ4v) is 2.72. The van der Waals surface area contributed by atoms with Gasteiger partial charge in [-0.2, -0.15) is 0 Å². The number of carbonyl (C=O) groups is 1. The molecule has 1 aromatic carbocycles. The monoisotopic (exact) mass is 289 g/mol. The number of rotatable bonds is 5. The second kappa shape index (κ2) is 6.57. The summed E-state index contributed by atoms with van der Waals surface area (Å²) in [7, 11) is 0. The lowest BCUT2D eigenvalue weighted by Gasteiger charge is -2.10. The number of hydrogen-bond acceptors (Lipinski definition) is 4. The third-order valence-electron chi connectivity index (χ3n) is 2.71. The number of anilines is 2. The van der Waals surface area contributed by atoms with Crippen molar-refractivity contribution in [2.24, 2.45) is 0 Å². The molecule has 0 bridgehead atoms. The highest BCUT2D eigenvalue weighted by molar-refractivity contribution is 7.10. The summed E-state index contributed by atoms with van der Waals surface area (Å²) in [6, 6.07) is 10.1. The molecule has 0 amide bonds. The van der Waals surface area contributed by atoms with Gasteiger partial charge in [0.05, 0.1) is 18.2 Å². The van der Waals surface area contributed by atoms with Gasteiger partial charge in [-0.3, -0.25) is 4.79 Å². The molecule has 2 aromatic rings. The molecule has 0 saturated heterocycles. The minimum Gasteiger partial charge on any atom is -0.463 e. The molecule has 0 spiro atoms. The minimum atomic E-state index is -0.185. The van der Waals surface area contributed by atoms with Crippen molar-refractivity contribution < 1.29 is 9.53 Å². The molecular formula is C16H19NO2S. The highest BCUT2D eigenvalue weighted by atomic mass is 32.1. The van der Waals surface area contributed by atoms with Crippen LogP contribution in [0.5, 0.6) is 0 Å². The second-order valence-electron chi connectivity index (χ2n) is 4.97. The fourth-order valence-electron chi connectivity index (χ4n) is 1.90. The third-order valence-corrected chi connectivity index (χ3v) is 3.64. The second-order valence-corrected chi connectivity index (χ2v) is 5.97. The van der Waals surface area contributed by atoms with E-state index < -0.39 is 0 Å². The summed E-state index contributed by atoms with van der Waals surface area (Å²) in [6.45, 7) is 5.77. The van der Waals surface area contributed by atoms with E-state index in [-0.39, 0.29) is 12.1 Å². The first kappa shape index (κ1) is 14.6. The third kappa shape index (κ3) is 4.10. The highest BCUT2D eigenvalue weighted by Gasteiger charge is 2.12. The lowest BCUT2D eigenvalue weighted by Crippen LogP contribution is -2.13. The van der Waals surface area contributed by atoms with E-state index in [4.69, 9.17) is 4.74 Å². The Morgan fingerprint density at radius 2 is 2.15 bits per heavy atom. The number of benzene rings is 1. The number of nitrogens with one attached hydrogen (secondary N) is 1. The smallest absolute Gasteiger partial charge is 0.311 e. The Labute approximate surface area is 123 Å². The summed E-state index contributed by atoms with van der Waals surface area (Å²) >= 11 is 1.57. The molecule has 0 aliphatic rings. The molecular weight excluding hydrogens is 270 g/mol. The van der Waals surface area contributed by atoms with Crippen LogP contribution in [0.4, 0.5) is 11.4 Å². The predicted octanol–water partition coefficient (Wildman–Crippen LogP) is 4.29. The number of esters is 1. The zero-order chi connectivity index (χ0) is 14.5. The minimum absolute atomic E-state index is 0.0735. The average molecular weight is 289 g/mol. The predicted molar refractivity (Wildman–Crippen MR) is 83.7 cm³/mol. The lowest BCUT2D eigenvalue weighted by molar-refractivity contribution is -0.146. The van der Waals surface area contributed by atoms with Gasteiger partial charge in [-0.05, 0) is 49.9 Å². The molecule has 1 heterocycles. The summed E-state index contributed by atoms with van der Waals surface area (Å²) in [6.07, 6.45) is 0.236. The number of carbonyl (C=O) groups excluding carboxylic acids is 1. The maximum Gasteiger partial charge on any atom is 0.311 e. The molecule has 0 unspecified atom stereocenters. The van der Waals surface area contributed by atoms with Gasteiger partial charge in [-0.25, -0.2) is 0 Å². The average Bonchev–Trinajstić information content (AvgIpc) is 2.75. The van der Waals surface area contributed by atoms with Gasteiger partial charge in [-0.1, -0.05) is 12.1 Å². The van der Waals surface area contributed by atoms with Gasteiger partial charge in [0, 0.05) is 10.6 Å². The number of thiophene rings is 1. The van der Waals surface area contributed by atoms with E-state index in [1.54, 1.807) is 11.3 Å². The van der Waals surface area contributed by atoms with E-state index in [1.165, 1.54) is 5.56 Å². The summed E-state index contributed by atoms with van der Waals surface area (Å²) in [4.78, 5) is 12.7. The summed E-state index contributed by atoms with van der Waals surface area (Å²) < 4.78 is 5.19. The molecule has 0 atom stereocenters. The van der Waals surface area contributed by atoms with E-state index in [1.807, 2.05) is 37.4 Å². The van der Waals surface area contributed by atoms with Crippen molar-refractivity contribution in [3.63, 3.8) is 0 Å². The van der Waals surface area contributed by atoms with Gasteiger partial charge in [0.1, 0.15) is 0 Å². The summed E-state index contributed by atoms with van der Waals surface area (Å²) in [5.41, 5.74) is 3.20. The van der Waals surface area contributed by atoms with Crippen LogP contribution in [0.1, 0.15) is 24.3 Å². The van der Waals surface area contributed by atoms with Crippen LogP contribution >= 0.6 is 11.3 Å². The molecule has 0 radical (unpaired) electrons. The van der Waals surface area contributed by atoms with Gasteiger partial charge in [-0.15, -0.1) is 11.3 Å². The molecule has 20 heavy (non-hydrogen) atoms. The molecule has 1 N–H and O–H groups in total. The van der Waals surface area contributed by atoms with Gasteiger partial charge in [0.25, 0.3) is 0 Å². The Morgan fingerprint density at radius 1 is 1.35 bits per heavy atom. The van der Waals surface area contributed by atoms with Crippen LogP contribution in [0, 0.1) is 6.92 Å². The van der Waals surface area contributed by atoms with Gasteiger partial charge < -0.3 is 10.1 Å². The number of ether oxygens (including phenoxy) is 1. The normalized spacial score (nSPS) is 10.6. The van der Waals surface area contributed by atoms with Crippen LogP contribution in [0.2, 0.25) is 0 Å². The van der Waals surface area contributed by atoms with E-state index in [0.717, 1.165) is 16.3 Å². The maximum absolute atomic E-state index is 11.7. The van der Waals surface area contributed by atoms with Crippen molar-refractivity contribution in [3.8, 4) is 0 Å². The molecule has 3 nitrogen and oxygen atoms in total. The number of hydrogen-bond donors (Lipinski definition) is 1. The Balaban J connectivity index is 2.07. The van der Waals surface area contributed by atoms with Gasteiger partial charge in [0.15, 0.2) is 0 Å². The van der Waals surface area contributed by atoms with E-state index in [9.17, 15) is 4.79 Å². The Morgan fingerprint density at radius 3 is 2.85 bits per heavy atom. The standard InChI is InChI=1S/C16H19NO2S/c1-11(2)19-16(18)10-15-14(7-8-20-15)17-13-6-4-5-12(3)9-13/h4-9,11,17H,10H2,1-3H3. The van der Waals surface area contributed by atoms with Gasteiger partial charge in [0.2, 0.25) is 0 Å². The largest absolute Gasteiger partial charge is 0.463 e. The van der Waals surface area contributed by atoms with Crippen LogP contribution in [0.3, 0.4) is 0 Å². The SMILES string of the molecule is Cc1cccc(Nc2ccsc2CC(=O)OC(C)C)c1. The lowest BCUT2D eigenvalue weighted by atomic mass is 10.2. The van der Waals surface area contributed by atoms with Crippen LogP contribution in [-0.2, 0) is 16.0 Å². The number of aryl methyl sites for hydroxylation is 1. The van der Waals surface area contributed by atoms with Gasteiger partial charge >= 0.3 is 5.97 Å². The van der Waals surface area contributed by atoms with Crippen molar-refractivity contribution in [1.29, 1.82) is 0 Å². The van der Waals surface area contributed by atoms with Crippen LogP contribution in [0.25, 0.3) is 0 Å². The van der Waals surface area contributed by atoms with Crippen molar-refractivity contribution in [2.75, 3.05) is 5.32 Å². The van der Waals surface area contributed by atoms with Crippen molar-refractivity contribution in [2.45, 2.75) is 33.3 Å². The topological polar surface area (TPSA) is 38.3 Å². The molecule has 0 fully saturated rings. The first-order valence-electron chi connectivity index (χ1n) is 6.64. The zero-order valence-corrected chi connectivity index (χ0v) is 12.8. The van der Waals surface area contributed by atoms with Crippen molar-refractivity contribution in [1.82, 2.24) is 0 Å². The van der Waals surface area contributed by atoms with Crippen LogP contribution < -0.4 is 5.32 Å². The Kier molecular flexibility index (Phi) is 4.79. The molecule has 1 aromatic heterocycles. The highest BCUT2D eigenvalue weighted by Crippen LogP contribution is 2.27. The summed E-state index contributed by atoms with van der Waals surface area (Å²) in [5, 5.41) is 5.34. The van der Waals surface area contributed by atoms with Crippen molar-refractivity contribution >= 4 is 28.7 Å². The quantitative estimate of drug-likeness (QED) is 0.834. The van der Waals surface area contributed by atoms with Crippen LogP contribution in [0.15, 0.2) is 35.7 Å². The molecule has 0 saturated carbocycles. The fraction of sp³-hybridized carbons (Fsp3) is 0.312. The molecule has 4 heteroatoms. The zero-order valence-electron chi connectivity index (χ0n) is 12.0. The van der Waals surface area contributed by atoms with E-state index in [0.29, 0.717) is 6.42 Å². The van der Waals surface area contributed by atoms with Crippen molar-refractivity contribution in [3.05, 3.63) is 46.2 Å². The maximum atomic E-state index is 11.7. The molecule has 0 aliphatic carbocycles. The van der Waals surface area contributed by atoms with E-state index in [2.05, 4.69) is 24.4 Å². The first-order valence-corrected chi connectivity index (χ1v) is 7.52. The Hall–Kier alpha value is -1.81. The van der Waals surface area contributed by atoms with Crippen LogP contribution in [-0.4, -0.2) is 12.1 Å². The summed E-state index contributed by atoms with van der Waals surface area (Å²) in [5.74, 6) is -0.185. The molecule has 2 rings (SSSR count). The Bertz CT molecular complexity index is 590. The molecule has 0 aliphatic heterocycles. The molecule has 106 valence electrons. The first-order chi connectivity index (χ1) is 9.54.